The molecule has 0 saturated heterocycles. The molecule has 0 nitrogen and oxygen atoms in total. The average molecular weight is 212 g/mol. The molecule has 1 unspecified atom stereocenters. The summed E-state index contributed by atoms with van der Waals surface area (Å²) in [6.07, 6.45) is 0. The van der Waals surface area contributed by atoms with E-state index >= 15 is 0 Å². The molecular formula is C14H14BF. The molecule has 80 valence electrons. The van der Waals surface area contributed by atoms with Gasteiger partial charge in [-0.05, 0) is 17.9 Å². The van der Waals surface area contributed by atoms with Crippen LogP contribution in [0.1, 0.15) is 18.3 Å². The smallest absolute Gasteiger partial charge is 0.165 e. The van der Waals surface area contributed by atoms with Crippen molar-refractivity contribution in [3.8, 4) is 0 Å². The third-order valence-electron chi connectivity index (χ3n) is 2.82. The summed E-state index contributed by atoms with van der Waals surface area (Å²) in [4.78, 5) is 0. The van der Waals surface area contributed by atoms with E-state index in [0.717, 1.165) is 7.28 Å². The van der Waals surface area contributed by atoms with Crippen LogP contribution in [0.4, 0.5) is 4.39 Å². The Kier molecular flexibility index (Phi) is 3.40. The summed E-state index contributed by atoms with van der Waals surface area (Å²) in [7, 11) is 0.949. The Labute approximate surface area is 96.4 Å². The van der Waals surface area contributed by atoms with Gasteiger partial charge in [-0.2, -0.15) is 0 Å². The molecule has 0 saturated carbocycles. The highest BCUT2D eigenvalue weighted by Crippen LogP contribution is 2.12. The summed E-state index contributed by atoms with van der Waals surface area (Å²) in [6.45, 7) is 2.19. The third kappa shape index (κ3) is 2.72. The molecule has 0 bridgehead atoms. The Bertz CT molecular complexity index is 436. The van der Waals surface area contributed by atoms with Crippen LogP contribution >= 0.6 is 0 Å². The number of hydrogen-bond acceptors (Lipinski definition) is 0. The minimum Gasteiger partial charge on any atom is -0.207 e. The number of benzene rings is 2. The lowest BCUT2D eigenvalue weighted by atomic mass is 9.58. The molecule has 2 aromatic carbocycles. The van der Waals surface area contributed by atoms with Crippen LogP contribution in [-0.4, -0.2) is 7.28 Å². The first-order valence-electron chi connectivity index (χ1n) is 5.55. The van der Waals surface area contributed by atoms with E-state index in [-0.39, 0.29) is 5.82 Å². The van der Waals surface area contributed by atoms with Crippen LogP contribution < -0.4 is 5.46 Å². The molecule has 2 aromatic rings. The van der Waals surface area contributed by atoms with Gasteiger partial charge in [0.25, 0.3) is 0 Å². The van der Waals surface area contributed by atoms with Crippen LogP contribution in [-0.2, 0) is 0 Å². The molecule has 0 aliphatic heterocycles. The largest absolute Gasteiger partial charge is 0.207 e. The third-order valence-corrected chi connectivity index (χ3v) is 2.82. The van der Waals surface area contributed by atoms with Crippen molar-refractivity contribution < 1.29 is 4.39 Å². The Morgan fingerprint density at radius 3 is 2.19 bits per heavy atom. The van der Waals surface area contributed by atoms with Crippen LogP contribution in [0.3, 0.4) is 0 Å². The molecule has 0 aliphatic carbocycles. The normalized spacial score (nSPS) is 12.1. The van der Waals surface area contributed by atoms with Gasteiger partial charge in [-0.15, -0.1) is 0 Å². The molecular weight excluding hydrogens is 198 g/mol. The summed E-state index contributed by atoms with van der Waals surface area (Å²) in [5.41, 5.74) is 2.50. The van der Waals surface area contributed by atoms with Gasteiger partial charge < -0.3 is 0 Å². The van der Waals surface area contributed by atoms with Crippen LogP contribution in [0.15, 0.2) is 54.6 Å². The highest BCUT2D eigenvalue weighted by molar-refractivity contribution is 6.54. The van der Waals surface area contributed by atoms with Gasteiger partial charge in [0, 0.05) is 0 Å². The molecule has 0 fully saturated rings. The van der Waals surface area contributed by atoms with E-state index in [1.54, 1.807) is 0 Å². The molecule has 0 aromatic heterocycles. The van der Waals surface area contributed by atoms with Crippen LogP contribution in [0.5, 0.6) is 0 Å². The molecule has 1 atom stereocenters. The first-order chi connectivity index (χ1) is 7.75. The second-order valence-corrected chi connectivity index (χ2v) is 4.14. The highest BCUT2D eigenvalue weighted by atomic mass is 19.1. The molecule has 2 rings (SSSR count). The molecule has 0 spiro atoms. The van der Waals surface area contributed by atoms with Crippen molar-refractivity contribution in [2.75, 3.05) is 0 Å². The summed E-state index contributed by atoms with van der Waals surface area (Å²) in [5, 5.41) is 0. The molecule has 0 N–H and O–H groups in total. The molecule has 0 aliphatic rings. The molecule has 0 heterocycles. The van der Waals surface area contributed by atoms with E-state index in [1.807, 2.05) is 18.2 Å². The zero-order valence-corrected chi connectivity index (χ0v) is 9.36. The van der Waals surface area contributed by atoms with Gasteiger partial charge in [-0.1, -0.05) is 60.4 Å². The fourth-order valence-corrected chi connectivity index (χ4v) is 1.87. The van der Waals surface area contributed by atoms with Gasteiger partial charge in [-0.25, -0.2) is 4.39 Å². The van der Waals surface area contributed by atoms with Crippen molar-refractivity contribution in [3.05, 3.63) is 66.0 Å². The zero-order chi connectivity index (χ0) is 11.4. The predicted octanol–water partition coefficient (Wildman–Crippen LogP) is 2.65. The lowest BCUT2D eigenvalue weighted by Crippen LogP contribution is -2.19. The molecule has 0 radical (unpaired) electrons. The quantitative estimate of drug-likeness (QED) is 0.686. The molecule has 0 amide bonds. The number of halogens is 1. The minimum atomic E-state index is -0.170. The number of hydrogen-bond donors (Lipinski definition) is 0. The minimum absolute atomic E-state index is 0.170. The maximum absolute atomic E-state index is 12.7. The lowest BCUT2D eigenvalue weighted by molar-refractivity contribution is 0.628. The van der Waals surface area contributed by atoms with Gasteiger partial charge in [0.1, 0.15) is 5.82 Å². The number of rotatable bonds is 3. The lowest BCUT2D eigenvalue weighted by Gasteiger charge is -2.10. The maximum Gasteiger partial charge on any atom is 0.165 e. The summed E-state index contributed by atoms with van der Waals surface area (Å²) in [5.74, 6) is 0.294. The topological polar surface area (TPSA) is 0 Å². The van der Waals surface area contributed by atoms with E-state index in [9.17, 15) is 4.39 Å². The van der Waals surface area contributed by atoms with E-state index in [2.05, 4.69) is 31.2 Å². The summed E-state index contributed by atoms with van der Waals surface area (Å²) in [6, 6.07) is 17.1. The fourth-order valence-electron chi connectivity index (χ4n) is 1.87. The van der Waals surface area contributed by atoms with E-state index in [4.69, 9.17) is 0 Å². The monoisotopic (exact) mass is 212 g/mol. The van der Waals surface area contributed by atoms with Crippen molar-refractivity contribution in [3.63, 3.8) is 0 Å². The fraction of sp³-hybridized carbons (Fsp3) is 0.143. The van der Waals surface area contributed by atoms with E-state index in [0.29, 0.717) is 5.82 Å². The average Bonchev–Trinajstić information content (AvgIpc) is 2.33. The van der Waals surface area contributed by atoms with E-state index < -0.39 is 0 Å². The summed E-state index contributed by atoms with van der Waals surface area (Å²) < 4.78 is 12.7. The highest BCUT2D eigenvalue weighted by Gasteiger charge is 2.07. The van der Waals surface area contributed by atoms with Crippen molar-refractivity contribution in [1.29, 1.82) is 0 Å². The van der Waals surface area contributed by atoms with Crippen molar-refractivity contribution in [1.82, 2.24) is 0 Å². The second kappa shape index (κ2) is 4.97. The van der Waals surface area contributed by atoms with Crippen LogP contribution in [0, 0.1) is 5.82 Å². The molecule has 16 heavy (non-hydrogen) atoms. The van der Waals surface area contributed by atoms with Gasteiger partial charge in [0.2, 0.25) is 0 Å². The van der Waals surface area contributed by atoms with Gasteiger partial charge in [0.15, 0.2) is 7.28 Å². The first kappa shape index (κ1) is 10.9. The van der Waals surface area contributed by atoms with Crippen LogP contribution in [0.2, 0.25) is 0 Å². The Balaban J connectivity index is 2.08. The van der Waals surface area contributed by atoms with Crippen molar-refractivity contribution >= 4 is 12.7 Å². The van der Waals surface area contributed by atoms with Gasteiger partial charge in [-0.3, -0.25) is 0 Å². The van der Waals surface area contributed by atoms with Crippen LogP contribution in [0.25, 0.3) is 0 Å². The predicted molar refractivity (Wildman–Crippen MR) is 68.0 cm³/mol. The summed E-state index contributed by atoms with van der Waals surface area (Å²) >= 11 is 0. The Hall–Kier alpha value is -1.57. The second-order valence-electron chi connectivity index (χ2n) is 4.14. The van der Waals surface area contributed by atoms with E-state index in [1.165, 1.54) is 23.2 Å². The standard InChI is InChI=1S/C14H14BF/c1-11(12-5-3-2-4-6-12)15-13-7-9-14(16)10-8-13/h2-11,15H,1H3. The SMILES string of the molecule is CC(Bc1ccc(F)cc1)c1ccccc1. The van der Waals surface area contributed by atoms with Gasteiger partial charge in [0.05, 0.1) is 0 Å². The Morgan fingerprint density at radius 2 is 1.56 bits per heavy atom. The van der Waals surface area contributed by atoms with Gasteiger partial charge >= 0.3 is 0 Å². The van der Waals surface area contributed by atoms with Crippen molar-refractivity contribution in [2.45, 2.75) is 12.7 Å². The Morgan fingerprint density at radius 1 is 0.938 bits per heavy atom. The van der Waals surface area contributed by atoms with Crippen molar-refractivity contribution in [2.24, 2.45) is 0 Å². The molecule has 2 heteroatoms. The first-order valence-corrected chi connectivity index (χ1v) is 5.55. The maximum atomic E-state index is 12.7. The zero-order valence-electron chi connectivity index (χ0n) is 9.36.